The molecule has 1 aromatic heterocycles. The molecule has 1 unspecified atom stereocenters. The van der Waals surface area contributed by atoms with Crippen molar-refractivity contribution in [1.82, 2.24) is 0 Å². The molecular formula is C15H19FN2S. The van der Waals surface area contributed by atoms with Gasteiger partial charge in [-0.1, -0.05) is 12.1 Å². The fourth-order valence-electron chi connectivity index (χ4n) is 2.15. The van der Waals surface area contributed by atoms with E-state index in [0.717, 1.165) is 12.2 Å². The number of nitrogens with zero attached hydrogens (tertiary/aromatic N) is 1. The molecule has 2 aromatic rings. The molecule has 0 saturated heterocycles. The van der Waals surface area contributed by atoms with Crippen LogP contribution in [0.25, 0.3) is 0 Å². The molecule has 1 heterocycles. The van der Waals surface area contributed by atoms with Gasteiger partial charge < -0.3 is 10.6 Å². The number of thiophene rings is 1. The van der Waals surface area contributed by atoms with E-state index in [1.165, 1.54) is 10.9 Å². The third-order valence-corrected chi connectivity index (χ3v) is 3.87. The smallest absolute Gasteiger partial charge is 0.128 e. The Morgan fingerprint density at radius 1 is 1.32 bits per heavy atom. The van der Waals surface area contributed by atoms with Gasteiger partial charge in [-0.05, 0) is 36.9 Å². The molecule has 0 bridgehead atoms. The zero-order chi connectivity index (χ0) is 13.8. The highest BCUT2D eigenvalue weighted by Crippen LogP contribution is 2.25. The number of hydrogen-bond acceptors (Lipinski definition) is 3. The van der Waals surface area contributed by atoms with Gasteiger partial charge in [0.2, 0.25) is 0 Å². The molecule has 1 aromatic carbocycles. The number of anilines is 1. The van der Waals surface area contributed by atoms with E-state index in [0.29, 0.717) is 12.0 Å². The number of rotatable bonds is 5. The second-order valence-corrected chi connectivity index (χ2v) is 5.89. The van der Waals surface area contributed by atoms with Gasteiger partial charge in [0.25, 0.3) is 0 Å². The van der Waals surface area contributed by atoms with Gasteiger partial charge in [0.1, 0.15) is 5.82 Å². The van der Waals surface area contributed by atoms with Crippen molar-refractivity contribution in [3.63, 3.8) is 0 Å². The molecule has 0 saturated carbocycles. The summed E-state index contributed by atoms with van der Waals surface area (Å²) in [5, 5.41) is 2.05. The summed E-state index contributed by atoms with van der Waals surface area (Å²) in [4.78, 5) is 3.34. The molecule has 19 heavy (non-hydrogen) atoms. The molecule has 0 amide bonds. The SMILES string of the molecule is CC(N)Cc1c(F)cccc1N(C)Cc1cccs1. The molecule has 0 aliphatic carbocycles. The van der Waals surface area contributed by atoms with E-state index in [9.17, 15) is 4.39 Å². The van der Waals surface area contributed by atoms with Gasteiger partial charge in [-0.15, -0.1) is 11.3 Å². The molecular weight excluding hydrogens is 259 g/mol. The summed E-state index contributed by atoms with van der Waals surface area (Å²) in [5.41, 5.74) is 7.44. The van der Waals surface area contributed by atoms with Crippen LogP contribution in [0, 0.1) is 5.82 Å². The molecule has 0 spiro atoms. The lowest BCUT2D eigenvalue weighted by Crippen LogP contribution is -2.23. The Kier molecular flexibility index (Phi) is 4.56. The van der Waals surface area contributed by atoms with E-state index in [4.69, 9.17) is 5.73 Å². The van der Waals surface area contributed by atoms with Crippen molar-refractivity contribution in [1.29, 1.82) is 0 Å². The number of halogens is 1. The fourth-order valence-corrected chi connectivity index (χ4v) is 2.91. The minimum absolute atomic E-state index is 0.0502. The maximum atomic E-state index is 14.0. The second-order valence-electron chi connectivity index (χ2n) is 4.85. The highest BCUT2D eigenvalue weighted by molar-refractivity contribution is 7.09. The molecule has 0 aliphatic heterocycles. The second kappa shape index (κ2) is 6.17. The monoisotopic (exact) mass is 278 g/mol. The van der Waals surface area contributed by atoms with Crippen molar-refractivity contribution < 1.29 is 4.39 Å². The molecule has 102 valence electrons. The van der Waals surface area contributed by atoms with Crippen molar-refractivity contribution in [3.8, 4) is 0 Å². The van der Waals surface area contributed by atoms with Crippen LogP contribution in [-0.4, -0.2) is 13.1 Å². The van der Waals surface area contributed by atoms with Crippen LogP contribution in [0.2, 0.25) is 0 Å². The van der Waals surface area contributed by atoms with Crippen LogP contribution >= 0.6 is 11.3 Å². The summed E-state index contributed by atoms with van der Waals surface area (Å²) in [6.07, 6.45) is 0.552. The van der Waals surface area contributed by atoms with Gasteiger partial charge in [0.05, 0.1) is 6.54 Å². The van der Waals surface area contributed by atoms with Crippen molar-refractivity contribution in [2.24, 2.45) is 5.73 Å². The van der Waals surface area contributed by atoms with Crippen LogP contribution in [-0.2, 0) is 13.0 Å². The highest BCUT2D eigenvalue weighted by atomic mass is 32.1. The molecule has 4 heteroatoms. The molecule has 2 rings (SSSR count). The Bertz CT molecular complexity index is 523. The van der Waals surface area contributed by atoms with Gasteiger partial charge >= 0.3 is 0 Å². The van der Waals surface area contributed by atoms with Crippen molar-refractivity contribution in [2.75, 3.05) is 11.9 Å². The minimum atomic E-state index is -0.173. The number of hydrogen-bond donors (Lipinski definition) is 1. The first-order chi connectivity index (χ1) is 9.08. The largest absolute Gasteiger partial charge is 0.369 e. The van der Waals surface area contributed by atoms with E-state index in [-0.39, 0.29) is 11.9 Å². The summed E-state index contributed by atoms with van der Waals surface area (Å²) >= 11 is 1.71. The first kappa shape index (κ1) is 14.0. The maximum absolute atomic E-state index is 14.0. The predicted molar refractivity (Wildman–Crippen MR) is 80.2 cm³/mol. The molecule has 0 fully saturated rings. The van der Waals surface area contributed by atoms with Gasteiger partial charge in [0.15, 0.2) is 0 Å². The average molecular weight is 278 g/mol. The normalized spacial score (nSPS) is 12.4. The van der Waals surface area contributed by atoms with Crippen molar-refractivity contribution in [2.45, 2.75) is 25.9 Å². The first-order valence-corrected chi connectivity index (χ1v) is 7.22. The summed E-state index contributed by atoms with van der Waals surface area (Å²) in [6.45, 7) is 2.68. The Morgan fingerprint density at radius 3 is 2.74 bits per heavy atom. The zero-order valence-corrected chi connectivity index (χ0v) is 12.1. The van der Waals surface area contributed by atoms with Gasteiger partial charge in [-0.2, -0.15) is 0 Å². The van der Waals surface area contributed by atoms with Crippen LogP contribution in [0.5, 0.6) is 0 Å². The average Bonchev–Trinajstić information content (AvgIpc) is 2.84. The Labute approximate surface area is 117 Å². The molecule has 0 radical (unpaired) electrons. The maximum Gasteiger partial charge on any atom is 0.128 e. The zero-order valence-electron chi connectivity index (χ0n) is 11.3. The lowest BCUT2D eigenvalue weighted by molar-refractivity contribution is 0.595. The van der Waals surface area contributed by atoms with Crippen LogP contribution in [0.4, 0.5) is 10.1 Å². The molecule has 2 nitrogen and oxygen atoms in total. The Hall–Kier alpha value is -1.39. The summed E-state index contributed by atoms with van der Waals surface area (Å²) in [5.74, 6) is -0.173. The van der Waals surface area contributed by atoms with Crippen LogP contribution in [0.1, 0.15) is 17.4 Å². The van der Waals surface area contributed by atoms with Gasteiger partial charge in [-0.25, -0.2) is 4.39 Å². The van der Waals surface area contributed by atoms with E-state index < -0.39 is 0 Å². The highest BCUT2D eigenvalue weighted by Gasteiger charge is 2.14. The number of benzene rings is 1. The van der Waals surface area contributed by atoms with Gasteiger partial charge in [-0.3, -0.25) is 0 Å². The standard InChI is InChI=1S/C15H19FN2S/c1-11(17)9-13-14(16)6-3-7-15(13)18(2)10-12-5-4-8-19-12/h3-8,11H,9-10,17H2,1-2H3. The van der Waals surface area contributed by atoms with Gasteiger partial charge in [0, 0.05) is 29.2 Å². The van der Waals surface area contributed by atoms with E-state index >= 15 is 0 Å². The van der Waals surface area contributed by atoms with Crippen LogP contribution in [0.3, 0.4) is 0 Å². The summed E-state index contributed by atoms with van der Waals surface area (Å²) < 4.78 is 14.0. The van der Waals surface area contributed by atoms with Crippen molar-refractivity contribution in [3.05, 3.63) is 52.0 Å². The fraction of sp³-hybridized carbons (Fsp3) is 0.333. The molecule has 1 atom stereocenters. The van der Waals surface area contributed by atoms with E-state index in [2.05, 4.69) is 16.3 Å². The first-order valence-electron chi connectivity index (χ1n) is 6.34. The Morgan fingerprint density at radius 2 is 2.11 bits per heavy atom. The third-order valence-electron chi connectivity index (χ3n) is 3.00. The summed E-state index contributed by atoms with van der Waals surface area (Å²) in [7, 11) is 1.99. The quantitative estimate of drug-likeness (QED) is 0.908. The number of nitrogens with two attached hydrogens (primary N) is 1. The topological polar surface area (TPSA) is 29.3 Å². The third kappa shape index (κ3) is 3.55. The van der Waals surface area contributed by atoms with Crippen LogP contribution in [0.15, 0.2) is 35.7 Å². The molecule has 2 N–H and O–H groups in total. The Balaban J connectivity index is 2.25. The lowest BCUT2D eigenvalue weighted by atomic mass is 10.0. The van der Waals surface area contributed by atoms with Crippen molar-refractivity contribution >= 4 is 17.0 Å². The van der Waals surface area contributed by atoms with E-state index in [1.54, 1.807) is 17.4 Å². The predicted octanol–water partition coefficient (Wildman–Crippen LogP) is 3.41. The van der Waals surface area contributed by atoms with E-state index in [1.807, 2.05) is 26.1 Å². The summed E-state index contributed by atoms with van der Waals surface area (Å²) in [6, 6.07) is 9.27. The minimum Gasteiger partial charge on any atom is -0.369 e. The molecule has 0 aliphatic rings. The van der Waals surface area contributed by atoms with Crippen LogP contribution < -0.4 is 10.6 Å². The lowest BCUT2D eigenvalue weighted by Gasteiger charge is -2.23.